The van der Waals surface area contributed by atoms with Crippen LogP contribution >= 0.6 is 11.6 Å². The highest BCUT2D eigenvalue weighted by Crippen LogP contribution is 2.33. The number of hydrogen-bond donors (Lipinski definition) is 1. The highest BCUT2D eigenvalue weighted by Gasteiger charge is 2.25. The maximum atomic E-state index is 13.9. The van der Waals surface area contributed by atoms with Crippen LogP contribution in [-0.4, -0.2) is 60.4 Å². The van der Waals surface area contributed by atoms with Gasteiger partial charge in [0, 0.05) is 61.9 Å². The van der Waals surface area contributed by atoms with E-state index in [0.717, 1.165) is 60.4 Å². The lowest BCUT2D eigenvalue weighted by Crippen LogP contribution is -2.24. The monoisotopic (exact) mass is 582 g/mol. The minimum Gasteiger partial charge on any atom is -0.489 e. The van der Waals surface area contributed by atoms with Crippen molar-refractivity contribution in [2.75, 3.05) is 25.5 Å². The number of nitrogens with one attached hydrogen (secondary N) is 1. The van der Waals surface area contributed by atoms with Crippen molar-refractivity contribution in [3.8, 4) is 28.3 Å². The van der Waals surface area contributed by atoms with Crippen molar-refractivity contribution in [3.05, 3.63) is 76.4 Å². The third kappa shape index (κ3) is 5.35. The van der Waals surface area contributed by atoms with E-state index >= 15 is 0 Å². The smallest absolute Gasteiger partial charge is 0.261 e. The Morgan fingerprint density at radius 2 is 1.88 bits per heavy atom. The Morgan fingerprint density at radius 1 is 1.05 bits per heavy atom. The Labute approximate surface area is 248 Å². The first kappa shape index (κ1) is 26.6. The third-order valence-corrected chi connectivity index (χ3v) is 8.23. The fourth-order valence-corrected chi connectivity index (χ4v) is 5.75. The van der Waals surface area contributed by atoms with E-state index in [0.29, 0.717) is 40.3 Å². The fourth-order valence-electron chi connectivity index (χ4n) is 5.48. The van der Waals surface area contributed by atoms with Crippen LogP contribution < -0.4 is 15.6 Å². The third-order valence-electron chi connectivity index (χ3n) is 7.94. The van der Waals surface area contributed by atoms with Gasteiger partial charge in [-0.05, 0) is 74.7 Å². The number of nitrogens with zero attached hydrogens (tertiary/aromatic N) is 7. The molecule has 1 saturated heterocycles. The van der Waals surface area contributed by atoms with Crippen LogP contribution in [0.15, 0.2) is 65.8 Å². The second kappa shape index (κ2) is 10.8. The summed E-state index contributed by atoms with van der Waals surface area (Å²) in [7, 11) is 3.97. The van der Waals surface area contributed by atoms with Crippen LogP contribution in [0, 0.1) is 5.92 Å². The fraction of sp³-hybridized carbons (Fsp3) is 0.323. The number of benzene rings is 1. The summed E-state index contributed by atoms with van der Waals surface area (Å²) in [6.45, 7) is 2.58. The van der Waals surface area contributed by atoms with Gasteiger partial charge < -0.3 is 15.0 Å². The Morgan fingerprint density at radius 3 is 2.57 bits per heavy atom. The van der Waals surface area contributed by atoms with Gasteiger partial charge in [-0.15, -0.1) is 0 Å². The number of aromatic nitrogens is 6. The van der Waals surface area contributed by atoms with Crippen molar-refractivity contribution in [1.29, 1.82) is 0 Å². The average molecular weight is 583 g/mol. The Balaban J connectivity index is 1.19. The molecule has 214 valence electrons. The summed E-state index contributed by atoms with van der Waals surface area (Å²) in [5, 5.41) is 8.64. The topological polar surface area (TPSA) is 103 Å². The van der Waals surface area contributed by atoms with E-state index < -0.39 is 0 Å². The van der Waals surface area contributed by atoms with Crippen LogP contribution in [0.5, 0.6) is 5.75 Å². The molecule has 0 spiro atoms. The number of anilines is 2. The van der Waals surface area contributed by atoms with Gasteiger partial charge in [0.05, 0.1) is 22.0 Å². The summed E-state index contributed by atoms with van der Waals surface area (Å²) < 4.78 is 9.61. The van der Waals surface area contributed by atoms with Gasteiger partial charge in [0.1, 0.15) is 17.5 Å². The molecule has 5 aromatic rings. The number of fused-ring (bicyclic) bond motifs is 1. The molecule has 11 heteroatoms. The molecule has 1 aromatic carbocycles. The molecule has 0 amide bonds. The summed E-state index contributed by atoms with van der Waals surface area (Å²) in [5.41, 5.74) is 3.83. The standard InChI is InChI=1S/C31H31ClN8O2/c1-38-12-10-24(18-38)42-23-7-5-22(6-8-23)36-31-34-16-21-13-25(30(41)40(29(21)37-31)17-19-3-4-19)28-26(32)14-20(15-33-28)27-9-11-35-39(27)2/h5-9,11,13-16,19,24H,3-4,10,12,17-18H2,1-2H3,(H,34,36,37). The molecule has 0 bridgehead atoms. The second-order valence-electron chi connectivity index (χ2n) is 11.2. The van der Waals surface area contributed by atoms with Crippen LogP contribution in [-0.2, 0) is 13.6 Å². The Bertz CT molecular complexity index is 1830. The van der Waals surface area contributed by atoms with Gasteiger partial charge in [-0.3, -0.25) is 19.0 Å². The second-order valence-corrected chi connectivity index (χ2v) is 11.6. The lowest BCUT2D eigenvalue weighted by molar-refractivity contribution is 0.208. The molecule has 0 radical (unpaired) electrons. The van der Waals surface area contributed by atoms with Crippen molar-refractivity contribution in [3.63, 3.8) is 0 Å². The number of rotatable bonds is 8. The molecule has 1 N–H and O–H groups in total. The highest BCUT2D eigenvalue weighted by atomic mass is 35.5. The van der Waals surface area contributed by atoms with Crippen LogP contribution in [0.25, 0.3) is 33.5 Å². The number of likely N-dealkylation sites (tertiary alicyclic amines) is 1. The number of ether oxygens (including phenoxy) is 1. The summed E-state index contributed by atoms with van der Waals surface area (Å²) in [6.07, 6.45) is 8.62. The lowest BCUT2D eigenvalue weighted by atomic mass is 10.1. The van der Waals surface area contributed by atoms with Gasteiger partial charge in [0.2, 0.25) is 5.95 Å². The maximum Gasteiger partial charge on any atom is 0.261 e. The first-order valence-electron chi connectivity index (χ1n) is 14.2. The summed E-state index contributed by atoms with van der Waals surface area (Å²) >= 11 is 6.71. The normalized spacial score (nSPS) is 17.2. The van der Waals surface area contributed by atoms with Crippen LogP contribution in [0.2, 0.25) is 5.02 Å². The predicted molar refractivity (Wildman–Crippen MR) is 163 cm³/mol. The van der Waals surface area contributed by atoms with E-state index in [9.17, 15) is 4.79 Å². The van der Waals surface area contributed by atoms with E-state index in [4.69, 9.17) is 21.3 Å². The Hall–Kier alpha value is -4.28. The molecule has 1 unspecified atom stereocenters. The van der Waals surface area contributed by atoms with Crippen molar-refractivity contribution in [1.82, 2.24) is 34.2 Å². The first-order valence-corrected chi connectivity index (χ1v) is 14.6. The van der Waals surface area contributed by atoms with Gasteiger partial charge in [-0.2, -0.15) is 10.1 Å². The largest absolute Gasteiger partial charge is 0.489 e. The number of aryl methyl sites for hydroxylation is 1. The van der Waals surface area contributed by atoms with Crippen LogP contribution in [0.3, 0.4) is 0 Å². The zero-order valence-electron chi connectivity index (χ0n) is 23.5. The van der Waals surface area contributed by atoms with Crippen LogP contribution in [0.1, 0.15) is 19.3 Å². The summed E-state index contributed by atoms with van der Waals surface area (Å²) in [4.78, 5) is 30.1. The van der Waals surface area contributed by atoms with Gasteiger partial charge in [-0.1, -0.05) is 11.6 Å². The van der Waals surface area contributed by atoms with Crippen molar-refractivity contribution >= 4 is 34.3 Å². The van der Waals surface area contributed by atoms with Crippen LogP contribution in [0.4, 0.5) is 11.6 Å². The quantitative estimate of drug-likeness (QED) is 0.268. The molecule has 1 atom stereocenters. The van der Waals surface area contributed by atoms with Gasteiger partial charge in [-0.25, -0.2) is 4.98 Å². The number of pyridine rings is 2. The van der Waals surface area contributed by atoms with Crippen molar-refractivity contribution in [2.45, 2.75) is 31.9 Å². The summed E-state index contributed by atoms with van der Waals surface area (Å²) in [5.74, 6) is 1.71. The molecule has 42 heavy (non-hydrogen) atoms. The Kier molecular flexibility index (Phi) is 6.87. The number of halogens is 1. The van der Waals surface area contributed by atoms with Crippen molar-refractivity contribution in [2.24, 2.45) is 13.0 Å². The molecule has 5 heterocycles. The molecule has 2 aliphatic rings. The number of likely N-dealkylation sites (N-methyl/N-ethyl adjacent to an activating group) is 1. The first-order chi connectivity index (χ1) is 20.4. The SMILES string of the molecule is CN1CCC(Oc2ccc(Nc3ncc4cc(-c5ncc(-c6ccnn6C)cc5Cl)c(=O)n(CC5CC5)c4n3)cc2)C1. The predicted octanol–water partition coefficient (Wildman–Crippen LogP) is 5.14. The van der Waals surface area contributed by atoms with E-state index in [1.54, 1.807) is 33.9 Å². The number of hydrogen-bond acceptors (Lipinski definition) is 8. The molecule has 7 rings (SSSR count). The molecule has 1 saturated carbocycles. The molecular weight excluding hydrogens is 552 g/mol. The summed E-state index contributed by atoms with van der Waals surface area (Å²) in [6, 6.07) is 13.3. The molecule has 1 aliphatic heterocycles. The molecule has 2 fully saturated rings. The van der Waals surface area contributed by atoms with Gasteiger partial charge in [0.25, 0.3) is 5.56 Å². The lowest BCUT2D eigenvalue weighted by Gasteiger charge is -2.15. The van der Waals surface area contributed by atoms with E-state index in [-0.39, 0.29) is 11.7 Å². The van der Waals surface area contributed by atoms with E-state index in [1.165, 1.54) is 0 Å². The molecular formula is C31H31ClN8O2. The zero-order chi connectivity index (χ0) is 28.8. The van der Waals surface area contributed by atoms with E-state index in [1.807, 2.05) is 43.4 Å². The maximum absolute atomic E-state index is 13.9. The highest BCUT2D eigenvalue weighted by molar-refractivity contribution is 6.33. The van der Waals surface area contributed by atoms with Crippen molar-refractivity contribution < 1.29 is 4.74 Å². The van der Waals surface area contributed by atoms with Gasteiger partial charge in [0.15, 0.2) is 0 Å². The molecule has 10 nitrogen and oxygen atoms in total. The van der Waals surface area contributed by atoms with E-state index in [2.05, 4.69) is 32.3 Å². The average Bonchev–Trinajstić information content (AvgIpc) is 3.56. The minimum absolute atomic E-state index is 0.166. The minimum atomic E-state index is -0.166. The zero-order valence-corrected chi connectivity index (χ0v) is 24.3. The van der Waals surface area contributed by atoms with Gasteiger partial charge >= 0.3 is 0 Å². The molecule has 1 aliphatic carbocycles. The molecule has 4 aromatic heterocycles.